The molecule has 0 amide bonds. The molecule has 0 spiro atoms. The van der Waals surface area contributed by atoms with E-state index in [9.17, 15) is 14.7 Å². The molecule has 3 aromatic rings. The van der Waals surface area contributed by atoms with Crippen molar-refractivity contribution < 1.29 is 9.90 Å². The van der Waals surface area contributed by atoms with Gasteiger partial charge in [0.1, 0.15) is 0 Å². The van der Waals surface area contributed by atoms with Crippen LogP contribution < -0.4 is 5.69 Å². The Morgan fingerprint density at radius 2 is 1.87 bits per heavy atom. The van der Waals surface area contributed by atoms with Crippen LogP contribution in [0.4, 0.5) is 0 Å². The predicted octanol–water partition coefficient (Wildman–Crippen LogP) is 5.36. The van der Waals surface area contributed by atoms with Crippen LogP contribution in [0, 0.1) is 0 Å². The minimum Gasteiger partial charge on any atom is -0.478 e. The molecule has 1 atom stereocenters. The number of carboxylic acids is 1. The molecule has 0 bridgehead atoms. The summed E-state index contributed by atoms with van der Waals surface area (Å²) >= 11 is 18.9. The van der Waals surface area contributed by atoms with Gasteiger partial charge in [0.15, 0.2) is 0 Å². The van der Waals surface area contributed by atoms with Gasteiger partial charge in [0.2, 0.25) is 0 Å². The maximum Gasteiger partial charge on any atom is 0.335 e. The molecule has 10 heteroatoms. The lowest BCUT2D eigenvalue weighted by Gasteiger charge is -2.32. The fourth-order valence-corrected chi connectivity index (χ4v) is 4.89. The molecule has 1 unspecified atom stereocenters. The third-order valence-corrected chi connectivity index (χ3v) is 6.52. The normalized spacial score (nSPS) is 17.0. The molecule has 1 saturated heterocycles. The number of hydrogen-bond donors (Lipinski definition) is 1. The highest BCUT2D eigenvalue weighted by atomic mass is 35.5. The Morgan fingerprint density at radius 3 is 2.52 bits per heavy atom. The average molecular weight is 505 g/mol. The summed E-state index contributed by atoms with van der Waals surface area (Å²) in [4.78, 5) is 27.4. The summed E-state index contributed by atoms with van der Waals surface area (Å²) in [7, 11) is 2.04. The van der Waals surface area contributed by atoms with Crippen molar-refractivity contribution in [3.05, 3.63) is 61.4 Å². The van der Waals surface area contributed by atoms with Gasteiger partial charge in [-0.25, -0.2) is 9.59 Å². The van der Waals surface area contributed by atoms with Crippen LogP contribution in [-0.2, 0) is 6.54 Å². The minimum atomic E-state index is -1.11. The smallest absolute Gasteiger partial charge is 0.335 e. The number of fused-ring (bicyclic) bond motifs is 1. The third kappa shape index (κ3) is 4.45. The van der Waals surface area contributed by atoms with Crippen LogP contribution >= 0.6 is 47.2 Å². The number of hydrogen-bond acceptors (Lipinski definition) is 3. The number of halogens is 4. The van der Waals surface area contributed by atoms with Crippen molar-refractivity contribution in [3.8, 4) is 5.69 Å². The SMILES string of the molecule is CN1CCCCC1Cn1c(=O)n(-c2ccc(Cl)cc2Cl)c2c(Cl)cc(C(=O)O)cc21.Cl. The van der Waals surface area contributed by atoms with Crippen LogP contribution in [0.25, 0.3) is 16.7 Å². The Bertz CT molecular complexity index is 1200. The fourth-order valence-electron chi connectivity index (χ4n) is 4.10. The molecule has 1 aromatic heterocycles. The standard InChI is InChI=1S/C21H20Cl3N3O3.ClH/c1-25-7-3-2-4-14(25)11-26-18-9-12(20(28)29)8-16(24)19(18)27(21(26)30)17-6-5-13(22)10-15(17)23;/h5-6,8-10,14H,2-4,7,11H2,1H3,(H,28,29);1H. The lowest BCUT2D eigenvalue weighted by Crippen LogP contribution is -2.41. The number of likely N-dealkylation sites (N-methyl/N-ethyl adjacent to an activating group) is 1. The third-order valence-electron chi connectivity index (χ3n) is 5.69. The van der Waals surface area contributed by atoms with Crippen LogP contribution in [0.5, 0.6) is 0 Å². The summed E-state index contributed by atoms with van der Waals surface area (Å²) in [6.45, 7) is 1.39. The van der Waals surface area contributed by atoms with Crippen molar-refractivity contribution in [2.24, 2.45) is 0 Å². The number of carbonyl (C=O) groups is 1. The second-order valence-electron chi connectivity index (χ2n) is 7.59. The molecule has 0 saturated carbocycles. The van der Waals surface area contributed by atoms with Crippen molar-refractivity contribution in [2.75, 3.05) is 13.6 Å². The molecule has 1 aliphatic heterocycles. The van der Waals surface area contributed by atoms with Crippen LogP contribution in [0.2, 0.25) is 15.1 Å². The van der Waals surface area contributed by atoms with Crippen LogP contribution in [-0.4, -0.2) is 44.7 Å². The van der Waals surface area contributed by atoms with E-state index in [0.717, 1.165) is 25.8 Å². The lowest BCUT2D eigenvalue weighted by atomic mass is 10.0. The fraction of sp³-hybridized carbons (Fsp3) is 0.333. The molecule has 1 fully saturated rings. The molecular weight excluding hydrogens is 484 g/mol. The molecule has 6 nitrogen and oxygen atoms in total. The van der Waals surface area contributed by atoms with Gasteiger partial charge in [-0.05, 0) is 56.8 Å². The van der Waals surface area contributed by atoms with E-state index in [0.29, 0.717) is 33.3 Å². The van der Waals surface area contributed by atoms with E-state index in [4.69, 9.17) is 34.8 Å². The van der Waals surface area contributed by atoms with Crippen molar-refractivity contribution in [1.82, 2.24) is 14.0 Å². The van der Waals surface area contributed by atoms with E-state index in [1.165, 1.54) is 16.7 Å². The van der Waals surface area contributed by atoms with Gasteiger partial charge < -0.3 is 10.0 Å². The number of aromatic carboxylic acids is 1. The Balaban J connectivity index is 0.00000272. The quantitative estimate of drug-likeness (QED) is 0.519. The molecule has 2 aromatic carbocycles. The average Bonchev–Trinajstić information content (AvgIpc) is 2.96. The van der Waals surface area contributed by atoms with Crippen molar-refractivity contribution >= 4 is 64.2 Å². The van der Waals surface area contributed by atoms with E-state index in [2.05, 4.69) is 4.90 Å². The van der Waals surface area contributed by atoms with Gasteiger partial charge in [0.25, 0.3) is 0 Å². The van der Waals surface area contributed by atoms with E-state index in [1.807, 2.05) is 7.05 Å². The van der Waals surface area contributed by atoms with Crippen molar-refractivity contribution in [1.29, 1.82) is 0 Å². The molecule has 2 heterocycles. The zero-order chi connectivity index (χ0) is 21.6. The predicted molar refractivity (Wildman–Crippen MR) is 127 cm³/mol. The Hall–Kier alpha value is -1.70. The highest BCUT2D eigenvalue weighted by Crippen LogP contribution is 2.32. The summed E-state index contributed by atoms with van der Waals surface area (Å²) in [6, 6.07) is 7.87. The zero-order valence-electron chi connectivity index (χ0n) is 16.6. The number of aromatic nitrogens is 2. The molecule has 0 radical (unpaired) electrons. The van der Waals surface area contributed by atoms with Gasteiger partial charge in [-0.15, -0.1) is 12.4 Å². The van der Waals surface area contributed by atoms with Gasteiger partial charge in [-0.3, -0.25) is 9.13 Å². The highest BCUT2D eigenvalue weighted by Gasteiger charge is 2.25. The van der Waals surface area contributed by atoms with Crippen LogP contribution in [0.3, 0.4) is 0 Å². The number of nitrogens with zero attached hydrogens (tertiary/aromatic N) is 3. The summed E-state index contributed by atoms with van der Waals surface area (Å²) in [5, 5.41) is 10.4. The number of benzene rings is 2. The van der Waals surface area contributed by atoms with Gasteiger partial charge in [-0.2, -0.15) is 0 Å². The molecule has 1 N–H and O–H groups in total. The Kier molecular flexibility index (Phi) is 7.28. The lowest BCUT2D eigenvalue weighted by molar-refractivity contribution is 0.0697. The zero-order valence-corrected chi connectivity index (χ0v) is 19.7. The van der Waals surface area contributed by atoms with Crippen molar-refractivity contribution in [3.63, 3.8) is 0 Å². The molecule has 4 rings (SSSR count). The van der Waals surface area contributed by atoms with Crippen LogP contribution in [0.1, 0.15) is 29.6 Å². The monoisotopic (exact) mass is 503 g/mol. The van der Waals surface area contributed by atoms with Gasteiger partial charge in [0, 0.05) is 17.6 Å². The summed E-state index contributed by atoms with van der Waals surface area (Å²) in [5.74, 6) is -1.11. The summed E-state index contributed by atoms with van der Waals surface area (Å²) in [6.07, 6.45) is 3.18. The van der Waals surface area contributed by atoms with Gasteiger partial charge in [0.05, 0.1) is 32.3 Å². The second kappa shape index (κ2) is 9.43. The summed E-state index contributed by atoms with van der Waals surface area (Å²) in [5.41, 5.74) is 1.04. The number of carboxylic acid groups (broad SMARTS) is 1. The summed E-state index contributed by atoms with van der Waals surface area (Å²) < 4.78 is 3.04. The molecular formula is C21H21Cl4N3O3. The van der Waals surface area contributed by atoms with E-state index < -0.39 is 5.97 Å². The first-order chi connectivity index (χ1) is 14.3. The Morgan fingerprint density at radius 1 is 1.13 bits per heavy atom. The first kappa shape index (κ1) is 24.0. The van der Waals surface area contributed by atoms with E-state index >= 15 is 0 Å². The van der Waals surface area contributed by atoms with Gasteiger partial charge >= 0.3 is 11.7 Å². The first-order valence-electron chi connectivity index (χ1n) is 9.61. The molecule has 31 heavy (non-hydrogen) atoms. The number of piperidine rings is 1. The second-order valence-corrected chi connectivity index (χ2v) is 8.84. The number of rotatable bonds is 4. The maximum atomic E-state index is 13.5. The number of likely N-dealkylation sites (tertiary alicyclic amines) is 1. The first-order valence-corrected chi connectivity index (χ1v) is 10.7. The molecule has 1 aliphatic rings. The topological polar surface area (TPSA) is 67.5 Å². The molecule has 0 aliphatic carbocycles. The highest BCUT2D eigenvalue weighted by molar-refractivity contribution is 6.37. The minimum absolute atomic E-state index is 0. The number of imidazole rings is 1. The van der Waals surface area contributed by atoms with Crippen molar-refractivity contribution in [2.45, 2.75) is 31.8 Å². The molecule has 166 valence electrons. The van der Waals surface area contributed by atoms with E-state index in [-0.39, 0.29) is 34.7 Å². The maximum absolute atomic E-state index is 13.5. The van der Waals surface area contributed by atoms with Crippen LogP contribution in [0.15, 0.2) is 35.1 Å². The van der Waals surface area contributed by atoms with Gasteiger partial charge in [-0.1, -0.05) is 41.2 Å². The largest absolute Gasteiger partial charge is 0.478 e. The Labute approximate surface area is 200 Å². The van der Waals surface area contributed by atoms with E-state index in [1.54, 1.807) is 22.8 Å².